The highest BCUT2D eigenvalue weighted by molar-refractivity contribution is 6.31. The van der Waals surface area contributed by atoms with Gasteiger partial charge in [-0.3, -0.25) is 4.79 Å². The summed E-state index contributed by atoms with van der Waals surface area (Å²) >= 11 is 12.4. The molecule has 0 unspecified atom stereocenters. The Bertz CT molecular complexity index is 1170. The fraction of sp³-hybridized carbons (Fsp3) is 0.464. The summed E-state index contributed by atoms with van der Waals surface area (Å²) in [7, 11) is 0. The number of esters is 1. The van der Waals surface area contributed by atoms with Crippen LogP contribution in [-0.4, -0.2) is 45.0 Å². The summed E-state index contributed by atoms with van der Waals surface area (Å²) in [6.45, 7) is 12.1. The first kappa shape index (κ1) is 32.8. The lowest BCUT2D eigenvalue weighted by atomic mass is 10.1. The first-order valence-corrected chi connectivity index (χ1v) is 13.3. The average Bonchev–Trinajstić information content (AvgIpc) is 2.76. The van der Waals surface area contributed by atoms with Gasteiger partial charge in [0.05, 0.1) is 13.1 Å². The van der Waals surface area contributed by atoms with E-state index in [1.165, 1.54) is 6.92 Å². The van der Waals surface area contributed by atoms with Crippen molar-refractivity contribution in [3.8, 4) is 0 Å². The van der Waals surface area contributed by atoms with Crippen molar-refractivity contribution in [3.05, 3.63) is 57.6 Å². The molecule has 0 heterocycles. The number of anilines is 2. The van der Waals surface area contributed by atoms with Gasteiger partial charge in [-0.05, 0) is 89.1 Å². The predicted octanol–water partition coefficient (Wildman–Crippen LogP) is 6.57. The zero-order chi connectivity index (χ0) is 30.6. The summed E-state index contributed by atoms with van der Waals surface area (Å²) < 4.78 is 17.2. The van der Waals surface area contributed by atoms with Crippen LogP contribution in [0.5, 0.6) is 0 Å². The van der Waals surface area contributed by atoms with Gasteiger partial charge < -0.3 is 25.7 Å². The van der Waals surface area contributed by atoms with Crippen molar-refractivity contribution in [2.24, 2.45) is 0 Å². The molecule has 0 aliphatic carbocycles. The van der Waals surface area contributed by atoms with E-state index in [2.05, 4.69) is 0 Å². The molecule has 40 heavy (non-hydrogen) atoms. The van der Waals surface area contributed by atoms with E-state index in [1.54, 1.807) is 77.9 Å². The summed E-state index contributed by atoms with van der Waals surface area (Å²) in [6.07, 6.45) is -1.80. The molecule has 0 bridgehead atoms. The quantitative estimate of drug-likeness (QED) is 0.158. The van der Waals surface area contributed by atoms with Crippen molar-refractivity contribution < 1.29 is 28.6 Å². The minimum absolute atomic E-state index is 0.255. The molecule has 4 N–H and O–H groups in total. The maximum Gasteiger partial charge on any atom is 0.415 e. The number of benzene rings is 2. The van der Waals surface area contributed by atoms with Crippen molar-refractivity contribution in [3.63, 3.8) is 0 Å². The molecule has 0 atom stereocenters. The van der Waals surface area contributed by atoms with Crippen LogP contribution in [0, 0.1) is 0 Å². The Labute approximate surface area is 245 Å². The maximum absolute atomic E-state index is 13.8. The van der Waals surface area contributed by atoms with Crippen LogP contribution in [-0.2, 0) is 32.1 Å². The molecule has 2 amide bonds. The summed E-state index contributed by atoms with van der Waals surface area (Å²) in [5.41, 5.74) is 12.0. The summed E-state index contributed by atoms with van der Waals surface area (Å²) in [6, 6.07) is 9.47. The van der Waals surface area contributed by atoms with Gasteiger partial charge in [0.2, 0.25) is 0 Å². The van der Waals surface area contributed by atoms with Gasteiger partial charge in [0.25, 0.3) is 5.85 Å². The zero-order valence-electron chi connectivity index (χ0n) is 24.1. The van der Waals surface area contributed by atoms with E-state index < -0.39 is 35.2 Å². The highest BCUT2D eigenvalue weighted by atomic mass is 35.5. The second-order valence-electron chi connectivity index (χ2n) is 11.3. The number of ether oxygens (including phenoxy) is 3. The standard InChI is InChI=1S/C28H38Cl2N4O6/c1-17(35)38-28(8,33(24(36)39-26(2,3)4)15-18-13-20(29)9-11-22(18)31)34(25(37)40-27(5,6)7)16-19-14-21(30)10-12-23(19)32/h9-14H,15-16,31-32H2,1-8H3. The number of rotatable bonds is 7. The van der Waals surface area contributed by atoms with Gasteiger partial charge in [-0.2, -0.15) is 0 Å². The van der Waals surface area contributed by atoms with Gasteiger partial charge in [-0.25, -0.2) is 19.4 Å². The molecule has 0 fully saturated rings. The van der Waals surface area contributed by atoms with Crippen LogP contribution < -0.4 is 11.5 Å². The fourth-order valence-corrected chi connectivity index (χ4v) is 4.08. The summed E-state index contributed by atoms with van der Waals surface area (Å²) in [4.78, 5) is 42.3. The van der Waals surface area contributed by atoms with Gasteiger partial charge in [0.15, 0.2) is 0 Å². The number of nitrogens with two attached hydrogens (primary N) is 2. The number of nitrogens with zero attached hydrogens (tertiary/aromatic N) is 2. The number of halogens is 2. The summed E-state index contributed by atoms with van der Waals surface area (Å²) in [5, 5.41) is 0.719. The van der Waals surface area contributed by atoms with E-state index in [4.69, 9.17) is 48.9 Å². The Balaban J connectivity index is 2.82. The SMILES string of the molecule is CC(=O)OC(C)(N(Cc1cc(Cl)ccc1N)C(=O)OC(C)(C)C)N(Cc1cc(Cl)ccc1N)C(=O)OC(C)(C)C. The first-order chi connectivity index (χ1) is 18.2. The molecule has 12 heteroatoms. The molecule has 10 nitrogen and oxygen atoms in total. The number of hydrogen-bond acceptors (Lipinski definition) is 8. The molecule has 0 spiro atoms. The second-order valence-corrected chi connectivity index (χ2v) is 12.2. The van der Waals surface area contributed by atoms with E-state index in [1.807, 2.05) is 0 Å². The number of carbonyl (C=O) groups is 3. The minimum atomic E-state index is -2.11. The molecule has 0 radical (unpaired) electrons. The van der Waals surface area contributed by atoms with Gasteiger partial charge in [0, 0.05) is 35.3 Å². The molecule has 2 aromatic rings. The third kappa shape index (κ3) is 9.09. The van der Waals surface area contributed by atoms with Crippen molar-refractivity contribution in [2.75, 3.05) is 11.5 Å². The second kappa shape index (κ2) is 12.4. The van der Waals surface area contributed by atoms with Crippen LogP contribution in [0.15, 0.2) is 36.4 Å². The number of nitrogen functional groups attached to an aromatic ring is 2. The predicted molar refractivity (Wildman–Crippen MR) is 155 cm³/mol. The smallest absolute Gasteiger partial charge is 0.415 e. The van der Waals surface area contributed by atoms with Gasteiger partial charge in [-0.1, -0.05) is 23.2 Å². The molecule has 220 valence electrons. The van der Waals surface area contributed by atoms with E-state index in [0.29, 0.717) is 32.5 Å². The van der Waals surface area contributed by atoms with Gasteiger partial charge in [0.1, 0.15) is 11.2 Å². The highest BCUT2D eigenvalue weighted by Crippen LogP contribution is 2.33. The third-order valence-electron chi connectivity index (χ3n) is 5.43. The molecule has 0 saturated heterocycles. The van der Waals surface area contributed by atoms with Crippen LogP contribution in [0.1, 0.15) is 66.5 Å². The Morgan fingerprint density at radius 1 is 0.700 bits per heavy atom. The fourth-order valence-electron chi connectivity index (χ4n) is 3.69. The molecule has 0 aromatic heterocycles. The summed E-state index contributed by atoms with van der Waals surface area (Å²) in [5.74, 6) is -2.90. The Hall–Kier alpha value is -3.37. The van der Waals surface area contributed by atoms with Crippen LogP contribution in [0.4, 0.5) is 21.0 Å². The zero-order valence-corrected chi connectivity index (χ0v) is 25.6. The lowest BCUT2D eigenvalue weighted by Gasteiger charge is -2.46. The van der Waals surface area contributed by atoms with Crippen molar-refractivity contribution >= 4 is 52.7 Å². The van der Waals surface area contributed by atoms with Gasteiger partial charge in [-0.15, -0.1) is 0 Å². The molecular formula is C28H38Cl2N4O6. The maximum atomic E-state index is 13.8. The highest BCUT2D eigenvalue weighted by Gasteiger charge is 2.49. The molecule has 2 aromatic carbocycles. The Morgan fingerprint density at radius 2 is 1.05 bits per heavy atom. The number of amides is 2. The molecule has 0 aliphatic rings. The number of hydrogen-bond donors (Lipinski definition) is 2. The minimum Gasteiger partial charge on any atom is -0.444 e. The first-order valence-electron chi connectivity index (χ1n) is 12.5. The third-order valence-corrected chi connectivity index (χ3v) is 5.90. The lowest BCUT2D eigenvalue weighted by Crippen LogP contribution is -2.64. The molecular weight excluding hydrogens is 559 g/mol. The average molecular weight is 598 g/mol. The van der Waals surface area contributed by atoms with E-state index in [0.717, 1.165) is 16.7 Å². The monoisotopic (exact) mass is 596 g/mol. The largest absolute Gasteiger partial charge is 0.444 e. The molecule has 0 aliphatic heterocycles. The Morgan fingerprint density at radius 3 is 1.35 bits per heavy atom. The van der Waals surface area contributed by atoms with E-state index >= 15 is 0 Å². The lowest BCUT2D eigenvalue weighted by molar-refractivity contribution is -0.221. The topological polar surface area (TPSA) is 137 Å². The Kier molecular flexibility index (Phi) is 10.2. The normalized spacial score (nSPS) is 11.9. The number of carbonyl (C=O) groups excluding carboxylic acids is 3. The van der Waals surface area contributed by atoms with Crippen molar-refractivity contribution in [1.82, 2.24) is 9.80 Å². The van der Waals surface area contributed by atoms with Crippen LogP contribution in [0.3, 0.4) is 0 Å². The van der Waals surface area contributed by atoms with E-state index in [9.17, 15) is 14.4 Å². The molecule has 2 rings (SSSR count). The van der Waals surface area contributed by atoms with Crippen LogP contribution in [0.25, 0.3) is 0 Å². The van der Waals surface area contributed by atoms with Gasteiger partial charge >= 0.3 is 18.2 Å². The van der Waals surface area contributed by atoms with Crippen molar-refractivity contribution in [1.29, 1.82) is 0 Å². The van der Waals surface area contributed by atoms with Crippen LogP contribution >= 0.6 is 23.2 Å². The van der Waals surface area contributed by atoms with E-state index in [-0.39, 0.29) is 13.1 Å². The van der Waals surface area contributed by atoms with Crippen molar-refractivity contribution in [2.45, 2.75) is 85.5 Å². The van der Waals surface area contributed by atoms with Crippen LogP contribution in [0.2, 0.25) is 10.0 Å². The molecule has 0 saturated carbocycles.